The number of fused-ring (bicyclic) bond motifs is 1. The van der Waals surface area contributed by atoms with Gasteiger partial charge < -0.3 is 20.1 Å². The van der Waals surface area contributed by atoms with Crippen LogP contribution in [0.1, 0.15) is 59.3 Å². The van der Waals surface area contributed by atoms with Crippen molar-refractivity contribution in [1.29, 1.82) is 0 Å². The zero-order valence-corrected chi connectivity index (χ0v) is 18.5. The minimum Gasteiger partial charge on any atom is -0.466 e. The smallest absolute Gasteiger partial charge is 0.310 e. The van der Waals surface area contributed by atoms with Gasteiger partial charge in [0.25, 0.3) is 0 Å². The molecular formula is C21H34N2O5S. The van der Waals surface area contributed by atoms with E-state index in [0.29, 0.717) is 13.0 Å². The number of likely N-dealkylation sites (tertiary alicyclic amines) is 1. The number of esters is 1. The van der Waals surface area contributed by atoms with Crippen molar-refractivity contribution in [3.63, 3.8) is 0 Å². The van der Waals surface area contributed by atoms with Crippen LogP contribution in [0.2, 0.25) is 0 Å². The molecule has 164 valence electrons. The molecule has 3 fully saturated rings. The van der Waals surface area contributed by atoms with Crippen molar-refractivity contribution in [2.75, 3.05) is 19.8 Å². The highest BCUT2D eigenvalue weighted by Crippen LogP contribution is 2.66. The number of rotatable bonds is 10. The number of nitrogens with one attached hydrogen (secondary N) is 1. The van der Waals surface area contributed by atoms with Crippen molar-refractivity contribution in [3.05, 3.63) is 0 Å². The summed E-state index contributed by atoms with van der Waals surface area (Å²) in [6.45, 7) is 6.45. The van der Waals surface area contributed by atoms with Crippen molar-refractivity contribution in [3.8, 4) is 0 Å². The Balaban J connectivity index is 1.92. The Morgan fingerprint density at radius 1 is 1.34 bits per heavy atom. The molecule has 0 aliphatic carbocycles. The highest BCUT2D eigenvalue weighted by atomic mass is 32.2. The summed E-state index contributed by atoms with van der Waals surface area (Å²) in [5, 5.41) is 13.0. The average molecular weight is 427 g/mol. The van der Waals surface area contributed by atoms with Crippen molar-refractivity contribution in [1.82, 2.24) is 10.2 Å². The molecule has 2 N–H and O–H groups in total. The number of hydrogen-bond acceptors (Lipinski definition) is 6. The SMILES string of the molecule is CCCCCNC(=O)C1N([C@@H](CC)CO)C(=O)[C@@H]2[C@@H](C(=O)OCC)[C@H]3CCC12S3. The molecule has 0 saturated carbocycles. The summed E-state index contributed by atoms with van der Waals surface area (Å²) in [6, 6.07) is -1.07. The molecule has 3 aliphatic heterocycles. The molecule has 3 saturated heterocycles. The summed E-state index contributed by atoms with van der Waals surface area (Å²) in [4.78, 5) is 41.2. The second kappa shape index (κ2) is 9.25. The van der Waals surface area contributed by atoms with E-state index in [1.807, 2.05) is 6.92 Å². The van der Waals surface area contributed by atoms with Crippen LogP contribution in [0.25, 0.3) is 0 Å². The van der Waals surface area contributed by atoms with Gasteiger partial charge in [0, 0.05) is 11.8 Å². The fourth-order valence-electron chi connectivity index (χ4n) is 5.39. The molecule has 3 rings (SSSR count). The van der Waals surface area contributed by atoms with Gasteiger partial charge >= 0.3 is 5.97 Å². The zero-order chi connectivity index (χ0) is 21.2. The number of nitrogens with zero attached hydrogens (tertiary/aromatic N) is 1. The van der Waals surface area contributed by atoms with Crippen LogP contribution in [-0.4, -0.2) is 69.6 Å². The predicted octanol–water partition coefficient (Wildman–Crippen LogP) is 1.72. The van der Waals surface area contributed by atoms with E-state index in [1.165, 1.54) is 0 Å². The van der Waals surface area contributed by atoms with Gasteiger partial charge in [0.1, 0.15) is 6.04 Å². The number of unbranched alkanes of at least 4 members (excludes halogenated alkanes) is 2. The summed E-state index contributed by atoms with van der Waals surface area (Å²) in [5.41, 5.74) is 0. The molecule has 0 aromatic carbocycles. The molecule has 3 aliphatic rings. The molecule has 2 unspecified atom stereocenters. The first-order valence-electron chi connectivity index (χ1n) is 11.0. The lowest BCUT2D eigenvalue weighted by molar-refractivity contribution is -0.154. The van der Waals surface area contributed by atoms with Gasteiger partial charge in [0.15, 0.2) is 0 Å². The lowest BCUT2D eigenvalue weighted by atomic mass is 9.71. The minimum atomic E-state index is -0.645. The summed E-state index contributed by atoms with van der Waals surface area (Å²) in [5.74, 6) is -1.70. The van der Waals surface area contributed by atoms with Gasteiger partial charge in [-0.1, -0.05) is 26.7 Å². The number of carbonyl (C=O) groups excluding carboxylic acids is 3. The van der Waals surface area contributed by atoms with Gasteiger partial charge in [-0.05, 0) is 32.6 Å². The number of thioether (sulfide) groups is 1. The molecule has 0 aromatic heterocycles. The first kappa shape index (κ1) is 22.4. The topological polar surface area (TPSA) is 95.9 Å². The maximum Gasteiger partial charge on any atom is 0.310 e. The molecule has 0 radical (unpaired) electrons. The molecule has 2 amide bonds. The fourth-order valence-corrected chi connectivity index (χ4v) is 7.58. The molecule has 29 heavy (non-hydrogen) atoms. The third-order valence-corrected chi connectivity index (χ3v) is 8.65. The predicted molar refractivity (Wildman–Crippen MR) is 111 cm³/mol. The largest absolute Gasteiger partial charge is 0.466 e. The second-order valence-corrected chi connectivity index (χ2v) is 9.90. The Hall–Kier alpha value is -1.28. The summed E-state index contributed by atoms with van der Waals surface area (Å²) in [6.07, 6.45) is 5.11. The molecule has 8 heteroatoms. The van der Waals surface area contributed by atoms with Crippen molar-refractivity contribution >= 4 is 29.5 Å². The third-order valence-electron chi connectivity index (χ3n) is 6.70. The van der Waals surface area contributed by atoms with Gasteiger partial charge in [0.2, 0.25) is 11.8 Å². The minimum absolute atomic E-state index is 0.0229. The molecular weight excluding hydrogens is 392 g/mol. The highest BCUT2D eigenvalue weighted by molar-refractivity contribution is 8.02. The van der Waals surface area contributed by atoms with E-state index in [4.69, 9.17) is 4.74 Å². The fraction of sp³-hybridized carbons (Fsp3) is 0.857. The lowest BCUT2D eigenvalue weighted by Crippen LogP contribution is -2.56. The molecule has 2 bridgehead atoms. The lowest BCUT2D eigenvalue weighted by Gasteiger charge is -2.36. The highest BCUT2D eigenvalue weighted by Gasteiger charge is 2.74. The molecule has 7 nitrogen and oxygen atoms in total. The van der Waals surface area contributed by atoms with Gasteiger partial charge in [0.05, 0.1) is 35.8 Å². The Kier molecular flexibility index (Phi) is 7.14. The average Bonchev–Trinajstić information content (AvgIpc) is 3.34. The number of aliphatic hydroxyl groups excluding tert-OH is 1. The van der Waals surface area contributed by atoms with Crippen LogP contribution in [0, 0.1) is 11.8 Å². The Morgan fingerprint density at radius 2 is 2.10 bits per heavy atom. The van der Waals surface area contributed by atoms with Gasteiger partial charge in [-0.2, -0.15) is 0 Å². The number of aliphatic hydroxyl groups is 1. The van der Waals surface area contributed by atoms with E-state index >= 15 is 0 Å². The van der Waals surface area contributed by atoms with Crippen molar-refractivity contribution in [2.24, 2.45) is 11.8 Å². The summed E-state index contributed by atoms with van der Waals surface area (Å²) in [7, 11) is 0. The molecule has 1 spiro atoms. The van der Waals surface area contributed by atoms with Crippen LogP contribution < -0.4 is 5.32 Å². The van der Waals surface area contributed by atoms with Crippen LogP contribution in [0.4, 0.5) is 0 Å². The van der Waals surface area contributed by atoms with Crippen LogP contribution in [0.15, 0.2) is 0 Å². The van der Waals surface area contributed by atoms with Gasteiger partial charge in [-0.3, -0.25) is 14.4 Å². The second-order valence-electron chi connectivity index (χ2n) is 8.30. The number of amides is 2. The van der Waals surface area contributed by atoms with Crippen LogP contribution in [0.5, 0.6) is 0 Å². The number of ether oxygens (including phenoxy) is 1. The van der Waals surface area contributed by atoms with E-state index in [0.717, 1.165) is 32.1 Å². The monoisotopic (exact) mass is 426 g/mol. The van der Waals surface area contributed by atoms with Gasteiger partial charge in [-0.25, -0.2) is 0 Å². The third kappa shape index (κ3) is 3.67. The normalized spacial score (nSPS) is 33.7. The number of hydrogen-bond donors (Lipinski definition) is 2. The standard InChI is InChI=1S/C21H34N2O5S/c1-4-7-8-11-22-18(25)17-21-10-9-14(29-21)15(20(27)28-6-3)16(21)19(26)23(17)13(5-2)12-24/h13-17,24H,4-12H2,1-3H3,(H,22,25)/t13-,14+,15-,16-,17?,21?/m0/s1. The summed E-state index contributed by atoms with van der Waals surface area (Å²) >= 11 is 1.63. The Bertz CT molecular complexity index is 641. The Labute approximate surface area is 177 Å². The number of carbonyl (C=O) groups is 3. The maximum atomic E-state index is 13.6. The maximum absolute atomic E-state index is 13.6. The quantitative estimate of drug-likeness (QED) is 0.408. The van der Waals surface area contributed by atoms with Gasteiger partial charge in [-0.15, -0.1) is 11.8 Å². The van der Waals surface area contributed by atoms with Crippen LogP contribution in [0.3, 0.4) is 0 Å². The van der Waals surface area contributed by atoms with Crippen molar-refractivity contribution < 1.29 is 24.2 Å². The molecule has 3 heterocycles. The van der Waals surface area contributed by atoms with Crippen molar-refractivity contribution in [2.45, 2.75) is 81.4 Å². The molecule has 0 aromatic rings. The zero-order valence-electron chi connectivity index (χ0n) is 17.7. The Morgan fingerprint density at radius 3 is 2.72 bits per heavy atom. The van der Waals surface area contributed by atoms with Crippen LogP contribution in [-0.2, 0) is 19.1 Å². The first-order valence-corrected chi connectivity index (χ1v) is 11.9. The van der Waals surface area contributed by atoms with E-state index < -0.39 is 28.7 Å². The van der Waals surface area contributed by atoms with E-state index in [-0.39, 0.29) is 36.2 Å². The first-order chi connectivity index (χ1) is 14.0. The van der Waals surface area contributed by atoms with E-state index in [1.54, 1.807) is 23.6 Å². The van der Waals surface area contributed by atoms with E-state index in [9.17, 15) is 19.5 Å². The van der Waals surface area contributed by atoms with Crippen LogP contribution >= 0.6 is 11.8 Å². The van der Waals surface area contributed by atoms with E-state index in [2.05, 4.69) is 12.2 Å². The molecule has 6 atom stereocenters. The summed E-state index contributed by atoms with van der Waals surface area (Å²) < 4.78 is 4.69.